The summed E-state index contributed by atoms with van der Waals surface area (Å²) < 4.78 is 11.3. The molecule has 0 amide bonds. The van der Waals surface area contributed by atoms with Crippen molar-refractivity contribution >= 4 is 0 Å². The van der Waals surface area contributed by atoms with Gasteiger partial charge in [-0.3, -0.25) is 0 Å². The van der Waals surface area contributed by atoms with Gasteiger partial charge in [0.25, 0.3) is 0 Å². The predicted octanol–water partition coefficient (Wildman–Crippen LogP) is 0.110. The minimum absolute atomic E-state index is 0.208. The largest absolute Gasteiger partial charge is 0.396 e. The molecule has 1 aliphatic carbocycles. The third-order valence-corrected chi connectivity index (χ3v) is 3.40. The van der Waals surface area contributed by atoms with Gasteiger partial charge in [0.05, 0.1) is 13.2 Å². The molecule has 1 spiro atoms. The summed E-state index contributed by atoms with van der Waals surface area (Å²) in [4.78, 5) is 0. The van der Waals surface area contributed by atoms with Crippen LogP contribution in [0.3, 0.4) is 0 Å². The lowest BCUT2D eigenvalue weighted by Crippen LogP contribution is -2.48. The fourth-order valence-electron chi connectivity index (χ4n) is 2.59. The Morgan fingerprint density at radius 1 is 1.43 bits per heavy atom. The summed E-state index contributed by atoms with van der Waals surface area (Å²) in [5, 5.41) is 12.5. The molecule has 2 atom stereocenters. The Bertz CT molecular complexity index is 192. The Morgan fingerprint density at radius 3 is 2.71 bits per heavy atom. The molecular formula is C10H19NO3. The molecule has 0 bridgehead atoms. The van der Waals surface area contributed by atoms with Crippen molar-refractivity contribution in [2.75, 3.05) is 26.9 Å². The molecule has 4 heteroatoms. The van der Waals surface area contributed by atoms with Crippen molar-refractivity contribution in [2.45, 2.75) is 31.1 Å². The first kappa shape index (κ1) is 10.4. The van der Waals surface area contributed by atoms with Crippen LogP contribution >= 0.6 is 0 Å². The molecule has 2 fully saturated rings. The van der Waals surface area contributed by atoms with Gasteiger partial charge in [-0.1, -0.05) is 0 Å². The first-order valence-corrected chi connectivity index (χ1v) is 5.36. The van der Waals surface area contributed by atoms with Crippen molar-refractivity contribution in [3.8, 4) is 0 Å². The number of aliphatic hydroxyl groups is 1. The lowest BCUT2D eigenvalue weighted by molar-refractivity contribution is -0.193. The average Bonchev–Trinajstić information content (AvgIpc) is 2.66. The van der Waals surface area contributed by atoms with Gasteiger partial charge in [-0.2, -0.15) is 0 Å². The zero-order valence-corrected chi connectivity index (χ0v) is 8.66. The van der Waals surface area contributed by atoms with Crippen molar-refractivity contribution < 1.29 is 14.6 Å². The van der Waals surface area contributed by atoms with Crippen LogP contribution in [0.2, 0.25) is 0 Å². The van der Waals surface area contributed by atoms with E-state index in [1.807, 2.05) is 7.05 Å². The SMILES string of the molecule is CN[C@@H]1CCC2(C[C@H]1CO)OCCO2. The Hall–Kier alpha value is -0.160. The Kier molecular flexibility index (Phi) is 3.07. The maximum atomic E-state index is 9.29. The summed E-state index contributed by atoms with van der Waals surface area (Å²) in [5.41, 5.74) is 0. The van der Waals surface area contributed by atoms with Crippen molar-refractivity contribution in [3.63, 3.8) is 0 Å². The van der Waals surface area contributed by atoms with Crippen molar-refractivity contribution in [1.82, 2.24) is 5.32 Å². The van der Waals surface area contributed by atoms with Crippen LogP contribution < -0.4 is 5.32 Å². The highest BCUT2D eigenvalue weighted by Gasteiger charge is 2.44. The van der Waals surface area contributed by atoms with E-state index in [0.29, 0.717) is 19.3 Å². The molecule has 0 aromatic rings. The van der Waals surface area contributed by atoms with E-state index in [0.717, 1.165) is 19.3 Å². The molecule has 2 aliphatic rings. The van der Waals surface area contributed by atoms with Gasteiger partial charge < -0.3 is 19.9 Å². The van der Waals surface area contributed by atoms with Crippen LogP contribution in [0.1, 0.15) is 19.3 Å². The molecule has 2 N–H and O–H groups in total. The molecule has 82 valence electrons. The smallest absolute Gasteiger partial charge is 0.168 e. The zero-order chi connectivity index (χ0) is 10.0. The van der Waals surface area contributed by atoms with E-state index in [4.69, 9.17) is 9.47 Å². The average molecular weight is 201 g/mol. The van der Waals surface area contributed by atoms with Crippen LogP contribution in [0.5, 0.6) is 0 Å². The number of hydrogen-bond acceptors (Lipinski definition) is 4. The number of rotatable bonds is 2. The molecule has 1 aliphatic heterocycles. The number of hydrogen-bond donors (Lipinski definition) is 2. The van der Waals surface area contributed by atoms with E-state index < -0.39 is 0 Å². The topological polar surface area (TPSA) is 50.7 Å². The Labute approximate surface area is 84.6 Å². The fraction of sp³-hybridized carbons (Fsp3) is 1.00. The van der Waals surface area contributed by atoms with Crippen LogP contribution in [0.25, 0.3) is 0 Å². The van der Waals surface area contributed by atoms with Gasteiger partial charge in [0.15, 0.2) is 5.79 Å². The van der Waals surface area contributed by atoms with Gasteiger partial charge in [-0.25, -0.2) is 0 Å². The lowest BCUT2D eigenvalue weighted by atomic mass is 9.81. The molecule has 4 nitrogen and oxygen atoms in total. The van der Waals surface area contributed by atoms with Crippen LogP contribution in [-0.2, 0) is 9.47 Å². The highest BCUT2D eigenvalue weighted by atomic mass is 16.7. The highest BCUT2D eigenvalue weighted by Crippen LogP contribution is 2.38. The van der Waals surface area contributed by atoms with Crippen LogP contribution in [0.4, 0.5) is 0 Å². The standard InChI is InChI=1S/C10H19NO3/c1-11-9-2-3-10(6-8(9)7-12)13-4-5-14-10/h8-9,11-12H,2-7H2,1H3/t8-,9+/m0/s1. The minimum atomic E-state index is -0.374. The number of aliphatic hydroxyl groups excluding tert-OH is 1. The van der Waals surface area contributed by atoms with E-state index in [2.05, 4.69) is 5.32 Å². The number of nitrogens with one attached hydrogen (secondary N) is 1. The second-order valence-corrected chi connectivity index (χ2v) is 4.19. The van der Waals surface area contributed by atoms with Gasteiger partial charge in [-0.15, -0.1) is 0 Å². The van der Waals surface area contributed by atoms with Crippen LogP contribution in [-0.4, -0.2) is 43.8 Å². The monoisotopic (exact) mass is 201 g/mol. The first-order valence-electron chi connectivity index (χ1n) is 5.36. The van der Waals surface area contributed by atoms with Crippen molar-refractivity contribution in [3.05, 3.63) is 0 Å². The van der Waals surface area contributed by atoms with Gasteiger partial charge in [0, 0.05) is 31.4 Å². The summed E-state index contributed by atoms with van der Waals surface area (Å²) in [5.74, 6) is -0.118. The molecule has 1 saturated heterocycles. The van der Waals surface area contributed by atoms with Gasteiger partial charge in [0.1, 0.15) is 0 Å². The van der Waals surface area contributed by atoms with Gasteiger partial charge in [0.2, 0.25) is 0 Å². The first-order chi connectivity index (χ1) is 6.79. The van der Waals surface area contributed by atoms with Crippen LogP contribution in [0, 0.1) is 5.92 Å². The summed E-state index contributed by atoms with van der Waals surface area (Å²) in [6.07, 6.45) is 2.77. The molecule has 0 aromatic carbocycles. The maximum absolute atomic E-state index is 9.29. The Morgan fingerprint density at radius 2 is 2.14 bits per heavy atom. The third kappa shape index (κ3) is 1.80. The molecule has 0 radical (unpaired) electrons. The quantitative estimate of drug-likeness (QED) is 0.666. The molecule has 0 unspecified atom stereocenters. The Balaban J connectivity index is 2.00. The minimum Gasteiger partial charge on any atom is -0.396 e. The zero-order valence-electron chi connectivity index (χ0n) is 8.66. The van der Waals surface area contributed by atoms with Gasteiger partial charge >= 0.3 is 0 Å². The van der Waals surface area contributed by atoms with E-state index in [1.165, 1.54) is 0 Å². The lowest BCUT2D eigenvalue weighted by Gasteiger charge is -2.40. The summed E-state index contributed by atoms with van der Waals surface area (Å²) in [7, 11) is 1.95. The third-order valence-electron chi connectivity index (χ3n) is 3.40. The molecule has 0 aromatic heterocycles. The van der Waals surface area contributed by atoms with E-state index in [1.54, 1.807) is 0 Å². The van der Waals surface area contributed by atoms with E-state index in [-0.39, 0.29) is 18.3 Å². The molecular weight excluding hydrogens is 182 g/mol. The highest BCUT2D eigenvalue weighted by molar-refractivity contribution is 4.90. The molecule has 1 heterocycles. The second-order valence-electron chi connectivity index (χ2n) is 4.19. The summed E-state index contributed by atoms with van der Waals surface area (Å²) in [6.45, 7) is 1.60. The normalized spacial score (nSPS) is 36.4. The van der Waals surface area contributed by atoms with Crippen LogP contribution in [0.15, 0.2) is 0 Å². The second kappa shape index (κ2) is 4.14. The molecule has 1 saturated carbocycles. The fourth-order valence-corrected chi connectivity index (χ4v) is 2.59. The summed E-state index contributed by atoms with van der Waals surface area (Å²) >= 11 is 0. The van der Waals surface area contributed by atoms with Gasteiger partial charge in [-0.05, 0) is 13.5 Å². The molecule has 2 rings (SSSR count). The molecule has 14 heavy (non-hydrogen) atoms. The van der Waals surface area contributed by atoms with Crippen molar-refractivity contribution in [1.29, 1.82) is 0 Å². The number of ether oxygens (including phenoxy) is 2. The summed E-state index contributed by atoms with van der Waals surface area (Å²) in [6, 6.07) is 0.401. The van der Waals surface area contributed by atoms with Crippen molar-refractivity contribution in [2.24, 2.45) is 5.92 Å². The maximum Gasteiger partial charge on any atom is 0.168 e. The predicted molar refractivity (Wildman–Crippen MR) is 51.9 cm³/mol. The van der Waals surface area contributed by atoms with E-state index >= 15 is 0 Å². The van der Waals surface area contributed by atoms with E-state index in [9.17, 15) is 5.11 Å².